The van der Waals surface area contributed by atoms with Gasteiger partial charge in [-0.2, -0.15) is 9.90 Å². The molecule has 6 heteroatoms. The fourth-order valence-electron chi connectivity index (χ4n) is 3.64. The predicted octanol–water partition coefficient (Wildman–Crippen LogP) is 4.82. The molecule has 0 spiro atoms. The van der Waals surface area contributed by atoms with E-state index in [1.807, 2.05) is 60.9 Å². The standard InChI is InChI=1S/C24H16N6/c1-2-6-21-18(5-1)10-13-22-24(21)28-30(27-22)20-11-8-17(9-12-20)19-15-26-29(16-19)23-7-3-4-14-25-23/h1-16H. The van der Waals surface area contributed by atoms with Crippen LogP contribution in [-0.4, -0.2) is 29.8 Å². The Morgan fingerprint density at radius 3 is 2.43 bits per heavy atom. The van der Waals surface area contributed by atoms with Gasteiger partial charge < -0.3 is 0 Å². The molecule has 0 fully saturated rings. The average molecular weight is 388 g/mol. The summed E-state index contributed by atoms with van der Waals surface area (Å²) >= 11 is 0. The van der Waals surface area contributed by atoms with Gasteiger partial charge in [0, 0.05) is 23.3 Å². The Kier molecular flexibility index (Phi) is 3.67. The van der Waals surface area contributed by atoms with Crippen LogP contribution in [0.15, 0.2) is 97.5 Å². The maximum atomic E-state index is 4.74. The second kappa shape index (κ2) is 6.63. The van der Waals surface area contributed by atoms with E-state index in [-0.39, 0.29) is 0 Å². The molecule has 30 heavy (non-hydrogen) atoms. The highest BCUT2D eigenvalue weighted by atomic mass is 15.5. The number of benzene rings is 3. The third kappa shape index (κ3) is 2.74. The molecule has 3 aromatic carbocycles. The third-order valence-electron chi connectivity index (χ3n) is 5.17. The van der Waals surface area contributed by atoms with Gasteiger partial charge in [-0.05, 0) is 41.3 Å². The van der Waals surface area contributed by atoms with Crippen molar-refractivity contribution in [2.45, 2.75) is 0 Å². The predicted molar refractivity (Wildman–Crippen MR) is 117 cm³/mol. The lowest BCUT2D eigenvalue weighted by molar-refractivity contribution is 0.766. The summed E-state index contributed by atoms with van der Waals surface area (Å²) in [5, 5.41) is 16.1. The lowest BCUT2D eigenvalue weighted by Gasteiger charge is -2.02. The molecule has 0 aliphatic carbocycles. The quantitative estimate of drug-likeness (QED) is 0.436. The van der Waals surface area contributed by atoms with Crippen LogP contribution in [0.4, 0.5) is 0 Å². The highest BCUT2D eigenvalue weighted by molar-refractivity contribution is 6.03. The summed E-state index contributed by atoms with van der Waals surface area (Å²) in [4.78, 5) is 6.03. The van der Waals surface area contributed by atoms with E-state index < -0.39 is 0 Å². The smallest absolute Gasteiger partial charge is 0.153 e. The molecule has 142 valence electrons. The van der Waals surface area contributed by atoms with Gasteiger partial charge in [0.05, 0.1) is 11.9 Å². The number of fused-ring (bicyclic) bond motifs is 3. The van der Waals surface area contributed by atoms with Crippen molar-refractivity contribution in [2.75, 3.05) is 0 Å². The molecule has 0 aliphatic rings. The van der Waals surface area contributed by atoms with Gasteiger partial charge in [-0.3, -0.25) is 0 Å². The van der Waals surface area contributed by atoms with Gasteiger partial charge in [-0.1, -0.05) is 48.5 Å². The first-order valence-electron chi connectivity index (χ1n) is 9.67. The number of nitrogens with zero attached hydrogens (tertiary/aromatic N) is 6. The lowest BCUT2D eigenvalue weighted by Crippen LogP contribution is -1.98. The Labute approximate surface area is 172 Å². The van der Waals surface area contributed by atoms with E-state index in [0.29, 0.717) is 0 Å². The number of pyridine rings is 1. The Morgan fingerprint density at radius 1 is 0.700 bits per heavy atom. The average Bonchev–Trinajstić information content (AvgIpc) is 3.48. The van der Waals surface area contributed by atoms with Crippen molar-refractivity contribution in [3.05, 3.63) is 97.5 Å². The molecule has 3 heterocycles. The molecule has 0 N–H and O–H groups in total. The number of hydrogen-bond acceptors (Lipinski definition) is 4. The molecule has 0 aliphatic heterocycles. The van der Waals surface area contributed by atoms with E-state index in [1.165, 1.54) is 0 Å². The van der Waals surface area contributed by atoms with Crippen LogP contribution in [0.25, 0.3) is 44.4 Å². The van der Waals surface area contributed by atoms with Crippen molar-refractivity contribution < 1.29 is 0 Å². The maximum Gasteiger partial charge on any atom is 0.153 e. The minimum absolute atomic E-state index is 0.792. The summed E-state index contributed by atoms with van der Waals surface area (Å²) in [5.41, 5.74) is 4.80. The van der Waals surface area contributed by atoms with E-state index in [1.54, 1.807) is 15.7 Å². The van der Waals surface area contributed by atoms with Crippen molar-refractivity contribution in [1.82, 2.24) is 29.8 Å². The second-order valence-corrected chi connectivity index (χ2v) is 7.05. The molecule has 0 radical (unpaired) electrons. The first-order chi connectivity index (χ1) is 14.8. The first-order valence-corrected chi connectivity index (χ1v) is 9.67. The molecular formula is C24H16N6. The Balaban J connectivity index is 1.35. The Bertz CT molecular complexity index is 1480. The van der Waals surface area contributed by atoms with Crippen molar-refractivity contribution in [3.63, 3.8) is 0 Å². The molecule has 6 aromatic rings. The summed E-state index contributed by atoms with van der Waals surface area (Å²) < 4.78 is 1.77. The van der Waals surface area contributed by atoms with E-state index in [4.69, 9.17) is 5.10 Å². The molecule has 3 aromatic heterocycles. The largest absolute Gasteiger partial charge is 0.237 e. The van der Waals surface area contributed by atoms with E-state index >= 15 is 0 Å². The summed E-state index contributed by atoms with van der Waals surface area (Å²) in [7, 11) is 0. The number of aromatic nitrogens is 6. The van der Waals surface area contributed by atoms with Crippen LogP contribution in [0, 0.1) is 0 Å². The molecular weight excluding hydrogens is 372 g/mol. The highest BCUT2D eigenvalue weighted by Crippen LogP contribution is 2.25. The fraction of sp³-hybridized carbons (Fsp3) is 0. The summed E-state index contributed by atoms with van der Waals surface area (Å²) in [6, 6.07) is 26.3. The monoisotopic (exact) mass is 388 g/mol. The topological polar surface area (TPSA) is 61.4 Å². The van der Waals surface area contributed by atoms with Crippen LogP contribution in [-0.2, 0) is 0 Å². The molecule has 0 amide bonds. The van der Waals surface area contributed by atoms with Gasteiger partial charge in [0.2, 0.25) is 0 Å². The van der Waals surface area contributed by atoms with E-state index in [2.05, 4.69) is 45.5 Å². The normalized spacial score (nSPS) is 11.3. The molecule has 0 unspecified atom stereocenters. The van der Waals surface area contributed by atoms with E-state index in [0.717, 1.165) is 44.4 Å². The Morgan fingerprint density at radius 2 is 1.57 bits per heavy atom. The second-order valence-electron chi connectivity index (χ2n) is 7.05. The zero-order valence-corrected chi connectivity index (χ0v) is 15.9. The van der Waals surface area contributed by atoms with Gasteiger partial charge in [0.1, 0.15) is 11.0 Å². The zero-order valence-electron chi connectivity index (χ0n) is 15.9. The van der Waals surface area contributed by atoms with Crippen molar-refractivity contribution in [2.24, 2.45) is 0 Å². The summed E-state index contributed by atoms with van der Waals surface area (Å²) in [5.74, 6) is 0.792. The van der Waals surface area contributed by atoms with Crippen LogP contribution in [0.5, 0.6) is 0 Å². The van der Waals surface area contributed by atoms with Gasteiger partial charge in [0.25, 0.3) is 0 Å². The summed E-state index contributed by atoms with van der Waals surface area (Å²) in [6.07, 6.45) is 5.58. The van der Waals surface area contributed by atoms with Gasteiger partial charge >= 0.3 is 0 Å². The van der Waals surface area contributed by atoms with Gasteiger partial charge in [-0.25, -0.2) is 9.67 Å². The van der Waals surface area contributed by atoms with Gasteiger partial charge in [0.15, 0.2) is 5.82 Å². The number of hydrogen-bond donors (Lipinski definition) is 0. The molecule has 0 saturated carbocycles. The Hall–Kier alpha value is -4.32. The SMILES string of the molecule is c1ccc(-n2cc(-c3ccc(-n4nc5ccc6ccccc6c5n4)cc3)cn2)nc1. The molecule has 0 atom stereocenters. The third-order valence-corrected chi connectivity index (χ3v) is 5.17. The van der Waals surface area contributed by atoms with Crippen LogP contribution < -0.4 is 0 Å². The molecule has 6 nitrogen and oxygen atoms in total. The minimum atomic E-state index is 0.792. The van der Waals surface area contributed by atoms with Crippen LogP contribution >= 0.6 is 0 Å². The summed E-state index contributed by atoms with van der Waals surface area (Å²) in [6.45, 7) is 0. The maximum absolute atomic E-state index is 4.74. The van der Waals surface area contributed by atoms with E-state index in [9.17, 15) is 0 Å². The van der Waals surface area contributed by atoms with Crippen LogP contribution in [0.1, 0.15) is 0 Å². The van der Waals surface area contributed by atoms with Gasteiger partial charge in [-0.15, -0.1) is 10.2 Å². The van der Waals surface area contributed by atoms with Crippen LogP contribution in [0.2, 0.25) is 0 Å². The van der Waals surface area contributed by atoms with Crippen molar-refractivity contribution in [1.29, 1.82) is 0 Å². The van der Waals surface area contributed by atoms with Crippen molar-refractivity contribution in [3.8, 4) is 22.6 Å². The highest BCUT2D eigenvalue weighted by Gasteiger charge is 2.09. The minimum Gasteiger partial charge on any atom is -0.237 e. The molecule has 6 rings (SSSR count). The van der Waals surface area contributed by atoms with Crippen LogP contribution in [0.3, 0.4) is 0 Å². The first kappa shape index (κ1) is 16.6. The molecule has 0 saturated heterocycles. The number of rotatable bonds is 3. The zero-order chi connectivity index (χ0) is 19.9. The fourth-order valence-corrected chi connectivity index (χ4v) is 3.64. The van der Waals surface area contributed by atoms with Crippen molar-refractivity contribution >= 4 is 21.8 Å². The molecule has 0 bridgehead atoms. The lowest BCUT2D eigenvalue weighted by atomic mass is 10.1.